The van der Waals surface area contributed by atoms with E-state index in [-0.39, 0.29) is 11.6 Å². The molecule has 0 saturated heterocycles. The van der Waals surface area contributed by atoms with Gasteiger partial charge in [-0.15, -0.1) is 0 Å². The van der Waals surface area contributed by atoms with Crippen LogP contribution in [-0.2, 0) is 6.54 Å². The van der Waals surface area contributed by atoms with Crippen LogP contribution in [0, 0.1) is 0 Å². The third-order valence-corrected chi connectivity index (χ3v) is 4.39. The summed E-state index contributed by atoms with van der Waals surface area (Å²) >= 11 is 3.45. The maximum atomic E-state index is 12.1. The number of hydrogen-bond acceptors (Lipinski definition) is 3. The van der Waals surface area contributed by atoms with Crippen molar-refractivity contribution in [2.75, 3.05) is 0 Å². The summed E-state index contributed by atoms with van der Waals surface area (Å²) in [5.41, 5.74) is 1.85. The van der Waals surface area contributed by atoms with E-state index in [9.17, 15) is 4.79 Å². The van der Waals surface area contributed by atoms with E-state index in [4.69, 9.17) is 0 Å². The fraction of sp³-hybridized carbons (Fsp3) is 0.222. The van der Waals surface area contributed by atoms with Crippen LogP contribution >= 0.6 is 15.9 Å². The minimum absolute atomic E-state index is 0.0934. The predicted molar refractivity (Wildman–Crippen MR) is 96.4 cm³/mol. The summed E-state index contributed by atoms with van der Waals surface area (Å²) in [6.45, 7) is 2.66. The minimum Gasteiger partial charge on any atom is -0.309 e. The van der Waals surface area contributed by atoms with E-state index < -0.39 is 0 Å². The van der Waals surface area contributed by atoms with Gasteiger partial charge in [0, 0.05) is 10.5 Å². The highest BCUT2D eigenvalue weighted by Crippen LogP contribution is 2.19. The van der Waals surface area contributed by atoms with Gasteiger partial charge in [-0.25, -0.2) is 4.98 Å². The number of halogens is 1. The summed E-state index contributed by atoms with van der Waals surface area (Å²) in [6.07, 6.45) is 0.958. The fourth-order valence-corrected chi connectivity index (χ4v) is 2.90. The van der Waals surface area contributed by atoms with Crippen LogP contribution in [0.15, 0.2) is 57.8 Å². The van der Waals surface area contributed by atoms with Crippen LogP contribution in [0.1, 0.15) is 30.8 Å². The second-order valence-electron chi connectivity index (χ2n) is 5.42. The van der Waals surface area contributed by atoms with Gasteiger partial charge >= 0.3 is 0 Å². The molecule has 0 saturated carbocycles. The molecule has 0 amide bonds. The Hall–Kier alpha value is -1.98. The second kappa shape index (κ2) is 7.06. The van der Waals surface area contributed by atoms with Crippen molar-refractivity contribution in [3.63, 3.8) is 0 Å². The van der Waals surface area contributed by atoms with Crippen molar-refractivity contribution in [1.29, 1.82) is 0 Å². The van der Waals surface area contributed by atoms with E-state index in [1.165, 1.54) is 5.56 Å². The topological polar surface area (TPSA) is 57.8 Å². The first-order valence-electron chi connectivity index (χ1n) is 7.64. The highest BCUT2D eigenvalue weighted by Gasteiger charge is 2.10. The molecule has 118 valence electrons. The van der Waals surface area contributed by atoms with Crippen molar-refractivity contribution in [2.45, 2.75) is 25.9 Å². The second-order valence-corrected chi connectivity index (χ2v) is 6.34. The molecular formula is C18H18BrN3O. The molecular weight excluding hydrogens is 354 g/mol. The van der Waals surface area contributed by atoms with Gasteiger partial charge in [-0.05, 0) is 36.2 Å². The number of hydrogen-bond donors (Lipinski definition) is 2. The molecule has 2 aromatic carbocycles. The quantitative estimate of drug-likeness (QED) is 0.714. The number of H-pyrrole nitrogens is 1. The minimum atomic E-state index is -0.0934. The Balaban J connectivity index is 1.79. The average molecular weight is 372 g/mol. The Morgan fingerprint density at radius 1 is 1.17 bits per heavy atom. The molecule has 2 N–H and O–H groups in total. The average Bonchev–Trinajstić information content (AvgIpc) is 2.57. The number of aromatic nitrogens is 2. The highest BCUT2D eigenvalue weighted by molar-refractivity contribution is 9.10. The van der Waals surface area contributed by atoms with Crippen LogP contribution in [0.4, 0.5) is 0 Å². The van der Waals surface area contributed by atoms with E-state index >= 15 is 0 Å². The van der Waals surface area contributed by atoms with Gasteiger partial charge in [0.25, 0.3) is 5.56 Å². The number of rotatable bonds is 5. The lowest BCUT2D eigenvalue weighted by Gasteiger charge is -2.17. The molecule has 0 fully saturated rings. The van der Waals surface area contributed by atoms with Crippen molar-refractivity contribution in [1.82, 2.24) is 15.3 Å². The van der Waals surface area contributed by atoms with Gasteiger partial charge < -0.3 is 10.3 Å². The fourth-order valence-electron chi connectivity index (χ4n) is 2.63. The normalized spacial score (nSPS) is 12.4. The molecule has 1 aromatic heterocycles. The SMILES string of the molecule is CC[C@H](NCc1nc2ccccc2c(=O)[nH]1)c1ccc(Br)cc1. The third kappa shape index (κ3) is 3.68. The first kappa shape index (κ1) is 15.9. The predicted octanol–water partition coefficient (Wildman–Crippen LogP) is 3.93. The molecule has 0 bridgehead atoms. The van der Waals surface area contributed by atoms with Gasteiger partial charge in [-0.1, -0.05) is 47.1 Å². The van der Waals surface area contributed by atoms with Crippen LogP contribution in [-0.4, -0.2) is 9.97 Å². The lowest BCUT2D eigenvalue weighted by atomic mass is 10.0. The van der Waals surface area contributed by atoms with Crippen LogP contribution in [0.25, 0.3) is 10.9 Å². The van der Waals surface area contributed by atoms with Crippen molar-refractivity contribution >= 4 is 26.8 Å². The molecule has 23 heavy (non-hydrogen) atoms. The number of nitrogens with zero attached hydrogens (tertiary/aromatic N) is 1. The van der Waals surface area contributed by atoms with E-state index in [1.807, 2.05) is 30.3 Å². The summed E-state index contributed by atoms with van der Waals surface area (Å²) in [6, 6.07) is 15.9. The van der Waals surface area contributed by atoms with Gasteiger partial charge in [0.05, 0.1) is 17.4 Å². The first-order valence-corrected chi connectivity index (χ1v) is 8.43. The Morgan fingerprint density at radius 2 is 1.91 bits per heavy atom. The third-order valence-electron chi connectivity index (χ3n) is 3.86. The van der Waals surface area contributed by atoms with Gasteiger partial charge in [0.15, 0.2) is 0 Å². The number of para-hydroxylation sites is 1. The van der Waals surface area contributed by atoms with Gasteiger partial charge in [-0.2, -0.15) is 0 Å². The summed E-state index contributed by atoms with van der Waals surface area (Å²) in [7, 11) is 0. The molecule has 3 rings (SSSR count). The van der Waals surface area contributed by atoms with Crippen LogP contribution < -0.4 is 10.9 Å². The molecule has 0 aliphatic carbocycles. The maximum Gasteiger partial charge on any atom is 0.258 e. The Labute approximate surface area is 143 Å². The summed E-state index contributed by atoms with van der Waals surface area (Å²) in [5.74, 6) is 0.657. The lowest BCUT2D eigenvalue weighted by molar-refractivity contribution is 0.508. The van der Waals surface area contributed by atoms with Crippen LogP contribution in [0.3, 0.4) is 0 Å². The molecule has 0 aliphatic rings. The molecule has 0 aliphatic heterocycles. The van der Waals surface area contributed by atoms with Crippen molar-refractivity contribution in [3.05, 3.63) is 74.7 Å². The zero-order valence-corrected chi connectivity index (χ0v) is 14.4. The standard InChI is InChI=1S/C18H18BrN3O/c1-2-15(12-7-9-13(19)10-8-12)20-11-17-21-16-6-4-3-5-14(16)18(23)22-17/h3-10,15,20H,2,11H2,1H3,(H,21,22,23)/t15-/m0/s1. The molecule has 4 nitrogen and oxygen atoms in total. The van der Waals surface area contributed by atoms with Crippen molar-refractivity contribution < 1.29 is 0 Å². The number of fused-ring (bicyclic) bond motifs is 1. The number of benzene rings is 2. The molecule has 1 atom stereocenters. The largest absolute Gasteiger partial charge is 0.309 e. The molecule has 1 heterocycles. The van der Waals surface area contributed by atoms with E-state index in [1.54, 1.807) is 6.07 Å². The number of nitrogens with one attached hydrogen (secondary N) is 2. The molecule has 0 spiro atoms. The van der Waals surface area contributed by atoms with Crippen LogP contribution in [0.2, 0.25) is 0 Å². The number of aromatic amines is 1. The van der Waals surface area contributed by atoms with Gasteiger partial charge in [0.2, 0.25) is 0 Å². The van der Waals surface area contributed by atoms with E-state index in [2.05, 4.69) is 50.3 Å². The lowest BCUT2D eigenvalue weighted by Crippen LogP contribution is -2.23. The summed E-state index contributed by atoms with van der Waals surface area (Å²) < 4.78 is 1.07. The molecule has 5 heteroatoms. The van der Waals surface area contributed by atoms with E-state index in [0.717, 1.165) is 16.4 Å². The van der Waals surface area contributed by atoms with Crippen molar-refractivity contribution in [2.24, 2.45) is 0 Å². The molecule has 3 aromatic rings. The Kier molecular flexibility index (Phi) is 4.88. The zero-order chi connectivity index (χ0) is 16.2. The van der Waals surface area contributed by atoms with E-state index in [0.29, 0.717) is 17.8 Å². The summed E-state index contributed by atoms with van der Waals surface area (Å²) in [5, 5.41) is 4.09. The maximum absolute atomic E-state index is 12.1. The first-order chi connectivity index (χ1) is 11.2. The molecule has 0 radical (unpaired) electrons. The van der Waals surface area contributed by atoms with Crippen LogP contribution in [0.5, 0.6) is 0 Å². The zero-order valence-electron chi connectivity index (χ0n) is 12.8. The highest BCUT2D eigenvalue weighted by atomic mass is 79.9. The van der Waals surface area contributed by atoms with Gasteiger partial charge in [0.1, 0.15) is 5.82 Å². The monoisotopic (exact) mass is 371 g/mol. The molecule has 0 unspecified atom stereocenters. The van der Waals surface area contributed by atoms with Crippen molar-refractivity contribution in [3.8, 4) is 0 Å². The van der Waals surface area contributed by atoms with Gasteiger partial charge in [-0.3, -0.25) is 4.79 Å². The smallest absolute Gasteiger partial charge is 0.258 e. The summed E-state index contributed by atoms with van der Waals surface area (Å²) in [4.78, 5) is 19.5. The Morgan fingerprint density at radius 3 is 2.65 bits per heavy atom. The Bertz CT molecular complexity index is 858.